The van der Waals surface area contributed by atoms with Crippen LogP contribution in [-0.4, -0.2) is 42.0 Å². The highest BCUT2D eigenvalue weighted by molar-refractivity contribution is 5.65. The number of nitrogens with zero attached hydrogens (tertiary/aromatic N) is 1. The first-order valence-corrected chi connectivity index (χ1v) is 6.15. The molecule has 0 bridgehead atoms. The Hall–Kier alpha value is -0.610. The summed E-state index contributed by atoms with van der Waals surface area (Å²) >= 11 is 0. The average molecular weight is 244 g/mol. The van der Waals surface area contributed by atoms with Gasteiger partial charge in [0.2, 0.25) is 0 Å². The molecule has 4 heteroatoms. The number of carbonyl (C=O) groups excluding carboxylic acids is 1. The van der Waals surface area contributed by atoms with E-state index in [4.69, 9.17) is 9.57 Å². The monoisotopic (exact) mass is 244 g/mol. The normalized spacial score (nSPS) is 35.4. The molecule has 0 unspecified atom stereocenters. The highest BCUT2D eigenvalue weighted by atomic mass is 16.8. The van der Waals surface area contributed by atoms with Crippen LogP contribution in [0.15, 0.2) is 0 Å². The van der Waals surface area contributed by atoms with Crippen molar-refractivity contribution in [3.63, 3.8) is 0 Å². The summed E-state index contributed by atoms with van der Waals surface area (Å²) in [5, 5.41) is 0. The Labute approximate surface area is 104 Å². The van der Waals surface area contributed by atoms with Gasteiger partial charge < -0.3 is 4.74 Å². The molecule has 0 radical (unpaired) electrons. The SMILES string of the molecule is COC1CC(C)(C)[N+](C)(OC(C)=O)C(C)(C)C1. The standard InChI is InChI=1S/C13H26NO3/c1-10(15)17-14(6)12(2,3)8-11(16-7)9-13(14,4)5/h11H,8-9H2,1-7H3/q+1. The van der Waals surface area contributed by atoms with Gasteiger partial charge in [0.05, 0.1) is 6.10 Å². The molecule has 4 nitrogen and oxygen atoms in total. The number of hydrogen-bond acceptors (Lipinski definition) is 3. The topological polar surface area (TPSA) is 35.5 Å². The summed E-state index contributed by atoms with van der Waals surface area (Å²) in [6.07, 6.45) is 2.00. The number of ether oxygens (including phenoxy) is 1. The summed E-state index contributed by atoms with van der Waals surface area (Å²) in [5.74, 6) is -0.232. The van der Waals surface area contributed by atoms with Crippen LogP contribution in [0, 0.1) is 0 Å². The van der Waals surface area contributed by atoms with Crippen molar-refractivity contribution in [3.05, 3.63) is 0 Å². The van der Waals surface area contributed by atoms with Crippen molar-refractivity contribution in [1.29, 1.82) is 0 Å². The first-order valence-electron chi connectivity index (χ1n) is 6.15. The van der Waals surface area contributed by atoms with Crippen LogP contribution in [0.3, 0.4) is 0 Å². The average Bonchev–Trinajstić information content (AvgIpc) is 2.12. The number of methoxy groups -OCH3 is 1. The first kappa shape index (κ1) is 14.5. The van der Waals surface area contributed by atoms with Crippen LogP contribution in [0.2, 0.25) is 0 Å². The van der Waals surface area contributed by atoms with Crippen LogP contribution in [0.1, 0.15) is 47.5 Å². The lowest BCUT2D eigenvalue weighted by molar-refractivity contribution is -1.15. The van der Waals surface area contributed by atoms with Crippen LogP contribution in [0.5, 0.6) is 0 Å². The smallest absolute Gasteiger partial charge is 0.363 e. The van der Waals surface area contributed by atoms with Crippen molar-refractivity contribution in [2.24, 2.45) is 0 Å². The van der Waals surface area contributed by atoms with E-state index in [1.807, 2.05) is 7.05 Å². The van der Waals surface area contributed by atoms with E-state index in [0.717, 1.165) is 12.8 Å². The molecule has 1 fully saturated rings. The van der Waals surface area contributed by atoms with Gasteiger partial charge in [-0.1, -0.05) is 0 Å². The molecule has 100 valence electrons. The van der Waals surface area contributed by atoms with Crippen molar-refractivity contribution in [1.82, 2.24) is 0 Å². The van der Waals surface area contributed by atoms with E-state index in [9.17, 15) is 4.79 Å². The zero-order valence-electron chi connectivity index (χ0n) is 12.2. The Bertz CT molecular complexity index is 292. The third-order valence-electron chi connectivity index (χ3n) is 4.41. The van der Waals surface area contributed by atoms with Crippen LogP contribution in [-0.2, 0) is 14.4 Å². The van der Waals surface area contributed by atoms with Crippen molar-refractivity contribution < 1.29 is 19.0 Å². The van der Waals surface area contributed by atoms with Crippen molar-refractivity contribution in [3.8, 4) is 0 Å². The lowest BCUT2D eigenvalue weighted by Gasteiger charge is -2.56. The summed E-state index contributed by atoms with van der Waals surface area (Å²) in [7, 11) is 3.74. The third-order valence-corrected chi connectivity index (χ3v) is 4.41. The molecule has 0 saturated carbocycles. The summed E-state index contributed by atoms with van der Waals surface area (Å²) in [6, 6.07) is 0. The van der Waals surface area contributed by atoms with Gasteiger partial charge in [-0.3, -0.25) is 4.84 Å². The number of hydrogen-bond donors (Lipinski definition) is 0. The maximum atomic E-state index is 11.4. The lowest BCUT2D eigenvalue weighted by Crippen LogP contribution is -2.73. The van der Waals surface area contributed by atoms with E-state index in [2.05, 4.69) is 27.7 Å². The Kier molecular flexibility index (Phi) is 3.61. The quantitative estimate of drug-likeness (QED) is 0.699. The number of likely N-dealkylation sites (tertiary alicyclic amines) is 1. The molecule has 1 aliphatic rings. The zero-order valence-corrected chi connectivity index (χ0v) is 12.2. The summed E-state index contributed by atoms with van der Waals surface area (Å²) in [4.78, 5) is 17.0. The summed E-state index contributed by atoms with van der Waals surface area (Å²) in [6.45, 7) is 9.98. The molecule has 0 atom stereocenters. The number of rotatable bonds is 2. The molecule has 0 N–H and O–H groups in total. The molecule has 1 heterocycles. The van der Waals surface area contributed by atoms with E-state index in [-0.39, 0.29) is 23.2 Å². The Morgan fingerprint density at radius 2 is 1.59 bits per heavy atom. The molecule has 17 heavy (non-hydrogen) atoms. The number of piperidine rings is 1. The maximum absolute atomic E-state index is 11.4. The summed E-state index contributed by atoms with van der Waals surface area (Å²) < 4.78 is 5.81. The molecule has 0 amide bonds. The minimum atomic E-state index is -0.232. The Morgan fingerprint density at radius 3 is 1.88 bits per heavy atom. The van der Waals surface area contributed by atoms with Gasteiger partial charge in [0, 0.05) is 26.9 Å². The molecular formula is C13H26NO3+. The lowest BCUT2D eigenvalue weighted by atomic mass is 9.78. The van der Waals surface area contributed by atoms with E-state index in [0.29, 0.717) is 4.65 Å². The van der Waals surface area contributed by atoms with E-state index in [1.54, 1.807) is 7.11 Å². The molecule has 0 aliphatic carbocycles. The molecule has 0 spiro atoms. The van der Waals surface area contributed by atoms with Gasteiger partial charge in [0.1, 0.15) is 18.1 Å². The minimum absolute atomic E-state index is 0.159. The van der Waals surface area contributed by atoms with Crippen LogP contribution in [0.4, 0.5) is 0 Å². The second-order valence-electron chi connectivity index (χ2n) is 6.40. The molecule has 0 aromatic heterocycles. The van der Waals surface area contributed by atoms with Gasteiger partial charge >= 0.3 is 5.97 Å². The van der Waals surface area contributed by atoms with Crippen LogP contribution < -0.4 is 0 Å². The molecule has 1 saturated heterocycles. The number of hydroxylamine groups is 3. The second-order valence-corrected chi connectivity index (χ2v) is 6.40. The number of carbonyl (C=O) groups is 1. The van der Waals surface area contributed by atoms with Crippen molar-refractivity contribution in [2.75, 3.05) is 14.2 Å². The summed E-state index contributed by atoms with van der Waals surface area (Å²) in [5.41, 5.74) is -0.317. The van der Waals surface area contributed by atoms with Crippen LogP contribution >= 0.6 is 0 Å². The predicted molar refractivity (Wildman–Crippen MR) is 66.1 cm³/mol. The van der Waals surface area contributed by atoms with Gasteiger partial charge in [-0.15, -0.1) is 4.65 Å². The predicted octanol–water partition coefficient (Wildman–Crippen LogP) is 2.28. The highest BCUT2D eigenvalue weighted by Crippen LogP contribution is 2.45. The van der Waals surface area contributed by atoms with E-state index < -0.39 is 0 Å². The van der Waals surface area contributed by atoms with E-state index in [1.165, 1.54) is 6.92 Å². The van der Waals surface area contributed by atoms with E-state index >= 15 is 0 Å². The highest BCUT2D eigenvalue weighted by Gasteiger charge is 2.60. The molecule has 1 rings (SSSR count). The number of quaternary nitrogens is 1. The molecule has 0 aromatic carbocycles. The fourth-order valence-corrected chi connectivity index (χ4v) is 3.03. The van der Waals surface area contributed by atoms with Crippen LogP contribution in [0.25, 0.3) is 0 Å². The van der Waals surface area contributed by atoms with Gasteiger partial charge in [0.15, 0.2) is 0 Å². The van der Waals surface area contributed by atoms with Gasteiger partial charge in [-0.05, 0) is 27.7 Å². The van der Waals surface area contributed by atoms with Crippen molar-refractivity contribution >= 4 is 5.97 Å². The largest absolute Gasteiger partial charge is 0.381 e. The minimum Gasteiger partial charge on any atom is -0.381 e. The third kappa shape index (κ3) is 2.33. The Morgan fingerprint density at radius 1 is 1.18 bits per heavy atom. The molecule has 0 aromatic rings. The fourth-order valence-electron chi connectivity index (χ4n) is 3.03. The first-order chi connectivity index (χ1) is 7.56. The molecule has 1 aliphatic heterocycles. The van der Waals surface area contributed by atoms with Crippen molar-refractivity contribution in [2.45, 2.75) is 64.6 Å². The Balaban J connectivity index is 3.12. The van der Waals surface area contributed by atoms with Gasteiger partial charge in [0.25, 0.3) is 0 Å². The van der Waals surface area contributed by atoms with Gasteiger partial charge in [-0.2, -0.15) is 0 Å². The van der Waals surface area contributed by atoms with Gasteiger partial charge in [-0.25, -0.2) is 4.79 Å². The second kappa shape index (κ2) is 4.25. The molecular weight excluding hydrogens is 218 g/mol. The maximum Gasteiger partial charge on any atom is 0.363 e. The fraction of sp³-hybridized carbons (Fsp3) is 0.923. The zero-order chi connectivity index (χ0) is 13.5.